The van der Waals surface area contributed by atoms with Gasteiger partial charge in [-0.15, -0.1) is 0 Å². The molecule has 0 amide bonds. The van der Waals surface area contributed by atoms with Crippen molar-refractivity contribution in [3.8, 4) is 0 Å². The number of anilines is 2. The van der Waals surface area contributed by atoms with Crippen molar-refractivity contribution in [2.45, 2.75) is 10.4 Å². The molecule has 2 aromatic rings. The molecule has 0 bridgehead atoms. The fourth-order valence-electron chi connectivity index (χ4n) is 0.945. The van der Waals surface area contributed by atoms with E-state index in [1.54, 1.807) is 11.1 Å². The first kappa shape index (κ1) is 10.7. The monoisotopic (exact) mass is 238 g/mol. The second-order valence-electron chi connectivity index (χ2n) is 3.07. The average molecular weight is 238 g/mol. The molecule has 16 heavy (non-hydrogen) atoms. The third-order valence-corrected chi connectivity index (χ3v) is 2.35. The van der Waals surface area contributed by atoms with Gasteiger partial charge >= 0.3 is 0 Å². The lowest BCUT2D eigenvalue weighted by Crippen LogP contribution is -2.15. The minimum absolute atomic E-state index is 0.174. The summed E-state index contributed by atoms with van der Waals surface area (Å²) >= 11 is 1.19. The molecule has 0 aliphatic carbocycles. The molecule has 0 atom stereocenters. The summed E-state index contributed by atoms with van der Waals surface area (Å²) in [5.74, 6) is 0.675. The van der Waals surface area contributed by atoms with E-state index >= 15 is 0 Å². The van der Waals surface area contributed by atoms with Crippen molar-refractivity contribution >= 4 is 23.7 Å². The molecule has 0 fully saturated rings. The minimum Gasteiger partial charge on any atom is -0.440 e. The Morgan fingerprint density at radius 1 is 1.31 bits per heavy atom. The Bertz CT molecular complexity index is 471. The number of hydrogen-bond acceptors (Lipinski definition) is 8. The van der Waals surface area contributed by atoms with Crippen LogP contribution in [0.3, 0.4) is 0 Å². The molecular weight excluding hydrogens is 228 g/mol. The topological polar surface area (TPSA) is 94.0 Å². The summed E-state index contributed by atoms with van der Waals surface area (Å²) in [7, 11) is 3.66. The van der Waals surface area contributed by atoms with Crippen LogP contribution in [-0.2, 0) is 0 Å². The molecule has 2 N–H and O–H groups in total. The molecule has 0 saturated heterocycles. The first-order valence-corrected chi connectivity index (χ1v) is 5.23. The minimum atomic E-state index is 0.174. The lowest BCUT2D eigenvalue weighted by molar-refractivity contribution is 0.453. The third-order valence-electron chi connectivity index (χ3n) is 1.61. The Balaban J connectivity index is 2.27. The second-order valence-corrected chi connectivity index (χ2v) is 3.99. The van der Waals surface area contributed by atoms with Gasteiger partial charge in [0.2, 0.25) is 17.1 Å². The van der Waals surface area contributed by atoms with Crippen molar-refractivity contribution in [1.29, 1.82) is 0 Å². The van der Waals surface area contributed by atoms with Crippen LogP contribution in [0.2, 0.25) is 0 Å². The fourth-order valence-corrected chi connectivity index (χ4v) is 1.59. The highest BCUT2D eigenvalue weighted by atomic mass is 32.2. The fraction of sp³-hybridized carbons (Fsp3) is 0.250. The number of hydrogen-bond donors (Lipinski definition) is 1. The van der Waals surface area contributed by atoms with Gasteiger partial charge in [-0.3, -0.25) is 0 Å². The Hall–Kier alpha value is -1.83. The van der Waals surface area contributed by atoms with Crippen molar-refractivity contribution < 1.29 is 4.42 Å². The quantitative estimate of drug-likeness (QED) is 0.833. The molecule has 2 rings (SSSR count). The molecule has 0 aromatic carbocycles. The van der Waals surface area contributed by atoms with Gasteiger partial charge in [0.15, 0.2) is 0 Å². The van der Waals surface area contributed by atoms with Crippen molar-refractivity contribution in [3.63, 3.8) is 0 Å². The largest absolute Gasteiger partial charge is 0.440 e. The van der Waals surface area contributed by atoms with E-state index in [4.69, 9.17) is 10.2 Å². The van der Waals surface area contributed by atoms with Gasteiger partial charge in [0.25, 0.3) is 5.22 Å². The van der Waals surface area contributed by atoms with Crippen molar-refractivity contribution in [2.24, 2.45) is 0 Å². The lowest BCUT2D eigenvalue weighted by Gasteiger charge is -2.10. The predicted octanol–water partition coefficient (Wildman–Crippen LogP) is 0.659. The van der Waals surface area contributed by atoms with E-state index in [2.05, 4.69) is 19.9 Å². The number of oxazole rings is 1. The molecule has 2 aromatic heterocycles. The molecule has 2 heterocycles. The lowest BCUT2D eigenvalue weighted by atomic mass is 10.8. The molecule has 0 aliphatic heterocycles. The third kappa shape index (κ3) is 2.40. The molecular formula is C8H10N6OS. The van der Waals surface area contributed by atoms with Gasteiger partial charge in [0.1, 0.15) is 6.26 Å². The van der Waals surface area contributed by atoms with E-state index in [1.165, 1.54) is 18.0 Å². The first-order chi connectivity index (χ1) is 7.65. The molecule has 7 nitrogen and oxygen atoms in total. The van der Waals surface area contributed by atoms with Crippen molar-refractivity contribution in [1.82, 2.24) is 19.9 Å². The van der Waals surface area contributed by atoms with E-state index in [9.17, 15) is 0 Å². The summed E-state index contributed by atoms with van der Waals surface area (Å²) in [4.78, 5) is 17.9. The number of rotatable bonds is 3. The Morgan fingerprint density at radius 2 is 2.12 bits per heavy atom. The predicted molar refractivity (Wildman–Crippen MR) is 59.2 cm³/mol. The van der Waals surface area contributed by atoms with E-state index in [1.807, 2.05) is 14.1 Å². The standard InChI is InChI=1S/C8H10N6OS/c1-14(2)6-11-5(9)12-7(13-6)16-8-10-3-4-15-8/h3-4H,1-2H3,(H2,9,11,12,13). The Labute approximate surface area is 96.1 Å². The van der Waals surface area contributed by atoms with Crippen LogP contribution < -0.4 is 10.6 Å². The summed E-state index contributed by atoms with van der Waals surface area (Å²) in [6, 6.07) is 0. The molecule has 0 saturated carbocycles. The Kier molecular flexibility index (Phi) is 2.91. The van der Waals surface area contributed by atoms with E-state index in [-0.39, 0.29) is 5.95 Å². The zero-order valence-electron chi connectivity index (χ0n) is 8.78. The normalized spacial score (nSPS) is 10.4. The second kappa shape index (κ2) is 4.35. The Morgan fingerprint density at radius 3 is 2.75 bits per heavy atom. The number of nitrogens with two attached hydrogens (primary N) is 1. The molecule has 8 heteroatoms. The zero-order valence-corrected chi connectivity index (χ0v) is 9.60. The summed E-state index contributed by atoms with van der Waals surface area (Å²) in [5, 5.41) is 0.925. The maximum Gasteiger partial charge on any atom is 0.263 e. The number of nitrogen functional groups attached to an aromatic ring is 1. The van der Waals surface area contributed by atoms with Crippen LogP contribution >= 0.6 is 11.8 Å². The van der Waals surface area contributed by atoms with Crippen LogP contribution in [0.1, 0.15) is 0 Å². The van der Waals surface area contributed by atoms with Gasteiger partial charge < -0.3 is 15.1 Å². The first-order valence-electron chi connectivity index (χ1n) is 4.41. The molecule has 0 spiro atoms. The SMILES string of the molecule is CN(C)c1nc(N)nc(Sc2ncco2)n1. The van der Waals surface area contributed by atoms with Crippen molar-refractivity contribution in [2.75, 3.05) is 24.7 Å². The van der Waals surface area contributed by atoms with Crippen molar-refractivity contribution in [3.05, 3.63) is 12.5 Å². The summed E-state index contributed by atoms with van der Waals surface area (Å²) in [6.45, 7) is 0. The summed E-state index contributed by atoms with van der Waals surface area (Å²) in [6.07, 6.45) is 3.04. The van der Waals surface area contributed by atoms with Crippen LogP contribution in [0.4, 0.5) is 11.9 Å². The highest BCUT2D eigenvalue weighted by molar-refractivity contribution is 7.98. The molecule has 0 radical (unpaired) electrons. The van der Waals surface area contributed by atoms with Crippen LogP contribution in [0.15, 0.2) is 27.3 Å². The summed E-state index contributed by atoms with van der Waals surface area (Å²) < 4.78 is 5.07. The van der Waals surface area contributed by atoms with Crippen LogP contribution in [-0.4, -0.2) is 34.0 Å². The summed E-state index contributed by atoms with van der Waals surface area (Å²) in [5.41, 5.74) is 5.57. The number of nitrogens with zero attached hydrogens (tertiary/aromatic N) is 5. The van der Waals surface area contributed by atoms with Gasteiger partial charge in [-0.2, -0.15) is 15.0 Å². The van der Waals surface area contributed by atoms with E-state index < -0.39 is 0 Å². The highest BCUT2D eigenvalue weighted by Gasteiger charge is 2.09. The van der Waals surface area contributed by atoms with Gasteiger partial charge in [-0.25, -0.2) is 4.98 Å². The van der Waals surface area contributed by atoms with Gasteiger partial charge in [-0.1, -0.05) is 0 Å². The maximum atomic E-state index is 5.57. The average Bonchev–Trinajstić information content (AvgIpc) is 2.69. The van der Waals surface area contributed by atoms with Gasteiger partial charge in [0.05, 0.1) is 6.20 Å². The molecule has 84 valence electrons. The van der Waals surface area contributed by atoms with E-state index in [0.29, 0.717) is 16.3 Å². The molecule has 0 unspecified atom stereocenters. The number of aromatic nitrogens is 4. The smallest absolute Gasteiger partial charge is 0.263 e. The van der Waals surface area contributed by atoms with Gasteiger partial charge in [0, 0.05) is 25.9 Å². The van der Waals surface area contributed by atoms with Gasteiger partial charge in [-0.05, 0) is 0 Å². The maximum absolute atomic E-state index is 5.57. The zero-order chi connectivity index (χ0) is 11.5. The van der Waals surface area contributed by atoms with Crippen LogP contribution in [0.5, 0.6) is 0 Å². The highest BCUT2D eigenvalue weighted by Crippen LogP contribution is 2.23. The van der Waals surface area contributed by atoms with Crippen LogP contribution in [0, 0.1) is 0 Å². The van der Waals surface area contributed by atoms with E-state index in [0.717, 1.165) is 0 Å². The van der Waals surface area contributed by atoms with Crippen LogP contribution in [0.25, 0.3) is 0 Å². The molecule has 0 aliphatic rings.